The molecule has 0 spiro atoms. The highest BCUT2D eigenvalue weighted by molar-refractivity contribution is 5.43. The van der Waals surface area contributed by atoms with Crippen molar-refractivity contribution in [2.75, 3.05) is 11.9 Å². The average Bonchev–Trinajstić information content (AvgIpc) is 2.39. The van der Waals surface area contributed by atoms with Crippen LogP contribution in [0, 0.1) is 0 Å². The Morgan fingerprint density at radius 1 is 1.39 bits per heavy atom. The van der Waals surface area contributed by atoms with Crippen LogP contribution in [0.25, 0.3) is 0 Å². The predicted octanol–water partition coefficient (Wildman–Crippen LogP) is 1.71. The molecular weight excluding hydrogens is 230 g/mol. The quantitative estimate of drug-likeness (QED) is 0.842. The van der Waals surface area contributed by atoms with E-state index >= 15 is 0 Å². The van der Waals surface area contributed by atoms with E-state index in [4.69, 9.17) is 4.74 Å². The zero-order chi connectivity index (χ0) is 12.4. The van der Waals surface area contributed by atoms with Crippen LogP contribution in [0.1, 0.15) is 18.0 Å². The Labute approximate surface area is 104 Å². The van der Waals surface area contributed by atoms with Crippen molar-refractivity contribution in [1.29, 1.82) is 0 Å². The molecule has 92 valence electrons. The number of hydrogen-bond acceptors (Lipinski definition) is 4. The predicted molar refractivity (Wildman–Crippen MR) is 67.8 cm³/mol. The highest BCUT2D eigenvalue weighted by atomic mass is 16.5. The Hall–Kier alpha value is -2.30. The standard InChI is InChI=1S/C13H13N3O2/c17-13-7-12(14-8-15-13)16-10-5-6-18-11-4-2-1-3-9(10)11/h1-4,7-8,10H,5-6H2,(H2,14,15,16,17). The molecule has 0 radical (unpaired) electrons. The van der Waals surface area contributed by atoms with Crippen LogP contribution in [-0.4, -0.2) is 16.6 Å². The maximum atomic E-state index is 11.2. The van der Waals surface area contributed by atoms with Gasteiger partial charge in [0.15, 0.2) is 0 Å². The second-order valence-electron chi connectivity index (χ2n) is 4.17. The molecule has 2 N–H and O–H groups in total. The van der Waals surface area contributed by atoms with E-state index < -0.39 is 0 Å². The number of nitrogens with zero attached hydrogens (tertiary/aromatic N) is 1. The van der Waals surface area contributed by atoms with Gasteiger partial charge in [0.1, 0.15) is 11.6 Å². The molecule has 3 rings (SSSR count). The number of aromatic amines is 1. The van der Waals surface area contributed by atoms with Gasteiger partial charge >= 0.3 is 0 Å². The minimum absolute atomic E-state index is 0.129. The van der Waals surface area contributed by atoms with Gasteiger partial charge in [0.2, 0.25) is 0 Å². The number of rotatable bonds is 2. The molecule has 1 aromatic carbocycles. The third kappa shape index (κ3) is 2.07. The van der Waals surface area contributed by atoms with Crippen molar-refractivity contribution >= 4 is 5.82 Å². The largest absolute Gasteiger partial charge is 0.493 e. The number of ether oxygens (including phenoxy) is 1. The zero-order valence-electron chi connectivity index (χ0n) is 9.72. The molecule has 0 saturated carbocycles. The van der Waals surface area contributed by atoms with Crippen molar-refractivity contribution in [2.24, 2.45) is 0 Å². The third-order valence-corrected chi connectivity index (χ3v) is 2.96. The molecular formula is C13H13N3O2. The van der Waals surface area contributed by atoms with E-state index in [1.54, 1.807) is 0 Å². The number of fused-ring (bicyclic) bond motifs is 1. The maximum Gasteiger partial charge on any atom is 0.252 e. The fourth-order valence-electron chi connectivity index (χ4n) is 2.12. The van der Waals surface area contributed by atoms with Crippen LogP contribution in [0.3, 0.4) is 0 Å². The van der Waals surface area contributed by atoms with Gasteiger partial charge in [-0.3, -0.25) is 4.79 Å². The molecule has 0 bridgehead atoms. The molecule has 1 atom stereocenters. The fourth-order valence-corrected chi connectivity index (χ4v) is 2.12. The number of nitrogens with one attached hydrogen (secondary N) is 2. The molecule has 0 amide bonds. The molecule has 1 unspecified atom stereocenters. The molecule has 2 heterocycles. The third-order valence-electron chi connectivity index (χ3n) is 2.96. The number of para-hydroxylation sites is 1. The number of hydrogen-bond donors (Lipinski definition) is 2. The van der Waals surface area contributed by atoms with E-state index in [9.17, 15) is 4.79 Å². The van der Waals surface area contributed by atoms with Crippen LogP contribution in [0.4, 0.5) is 5.82 Å². The van der Waals surface area contributed by atoms with Gasteiger partial charge in [-0.2, -0.15) is 0 Å². The van der Waals surface area contributed by atoms with Gasteiger partial charge in [-0.1, -0.05) is 18.2 Å². The average molecular weight is 243 g/mol. The summed E-state index contributed by atoms with van der Waals surface area (Å²) >= 11 is 0. The summed E-state index contributed by atoms with van der Waals surface area (Å²) in [6.45, 7) is 0.665. The van der Waals surface area contributed by atoms with E-state index in [2.05, 4.69) is 15.3 Å². The number of H-pyrrole nitrogens is 1. The van der Waals surface area contributed by atoms with Crippen molar-refractivity contribution < 1.29 is 4.74 Å². The van der Waals surface area contributed by atoms with E-state index in [1.807, 2.05) is 24.3 Å². The first kappa shape index (κ1) is 10.8. The summed E-state index contributed by atoms with van der Waals surface area (Å²) in [5.74, 6) is 1.48. The van der Waals surface area contributed by atoms with Crippen molar-refractivity contribution in [3.63, 3.8) is 0 Å². The van der Waals surface area contributed by atoms with Crippen LogP contribution in [0.15, 0.2) is 41.5 Å². The Morgan fingerprint density at radius 3 is 3.17 bits per heavy atom. The van der Waals surface area contributed by atoms with Gasteiger partial charge in [-0.05, 0) is 6.07 Å². The van der Waals surface area contributed by atoms with Crippen molar-refractivity contribution in [3.8, 4) is 5.75 Å². The highest BCUT2D eigenvalue weighted by Crippen LogP contribution is 2.33. The normalized spacial score (nSPS) is 17.7. The lowest BCUT2D eigenvalue weighted by molar-refractivity contribution is 0.274. The van der Waals surface area contributed by atoms with Crippen LogP contribution in [0.2, 0.25) is 0 Å². The molecule has 18 heavy (non-hydrogen) atoms. The monoisotopic (exact) mass is 243 g/mol. The summed E-state index contributed by atoms with van der Waals surface area (Å²) in [5, 5.41) is 3.27. The molecule has 1 aromatic heterocycles. The Balaban J connectivity index is 1.88. The number of aromatic nitrogens is 2. The molecule has 1 aliphatic rings. The van der Waals surface area contributed by atoms with Crippen molar-refractivity contribution in [1.82, 2.24) is 9.97 Å². The van der Waals surface area contributed by atoms with Gasteiger partial charge in [0, 0.05) is 18.1 Å². The summed E-state index contributed by atoms with van der Waals surface area (Å²) in [7, 11) is 0. The van der Waals surface area contributed by atoms with Crippen LogP contribution in [0.5, 0.6) is 5.75 Å². The van der Waals surface area contributed by atoms with Gasteiger partial charge < -0.3 is 15.0 Å². The molecule has 0 fully saturated rings. The van der Waals surface area contributed by atoms with Gasteiger partial charge in [-0.25, -0.2) is 4.98 Å². The van der Waals surface area contributed by atoms with Crippen LogP contribution < -0.4 is 15.6 Å². The molecule has 1 aliphatic heterocycles. The lowest BCUT2D eigenvalue weighted by Gasteiger charge is -2.26. The zero-order valence-corrected chi connectivity index (χ0v) is 9.72. The molecule has 0 saturated heterocycles. The van der Waals surface area contributed by atoms with Gasteiger partial charge in [-0.15, -0.1) is 0 Å². The van der Waals surface area contributed by atoms with Crippen molar-refractivity contribution in [2.45, 2.75) is 12.5 Å². The minimum atomic E-state index is -0.159. The Bertz CT molecular complexity index is 609. The first-order valence-electron chi connectivity index (χ1n) is 5.86. The smallest absolute Gasteiger partial charge is 0.252 e. The van der Waals surface area contributed by atoms with Crippen LogP contribution in [-0.2, 0) is 0 Å². The molecule has 0 aliphatic carbocycles. The van der Waals surface area contributed by atoms with E-state index in [0.717, 1.165) is 17.7 Å². The first-order chi connectivity index (χ1) is 8.83. The highest BCUT2D eigenvalue weighted by Gasteiger charge is 2.20. The van der Waals surface area contributed by atoms with Gasteiger partial charge in [0.05, 0.1) is 19.0 Å². The lowest BCUT2D eigenvalue weighted by atomic mass is 10.0. The van der Waals surface area contributed by atoms with Crippen LogP contribution >= 0.6 is 0 Å². The fraction of sp³-hybridized carbons (Fsp3) is 0.231. The van der Waals surface area contributed by atoms with Crippen molar-refractivity contribution in [3.05, 3.63) is 52.6 Å². The summed E-state index contributed by atoms with van der Waals surface area (Å²) in [6, 6.07) is 9.50. The van der Waals surface area contributed by atoms with E-state index in [-0.39, 0.29) is 11.6 Å². The summed E-state index contributed by atoms with van der Waals surface area (Å²) < 4.78 is 5.59. The van der Waals surface area contributed by atoms with E-state index in [1.165, 1.54) is 12.4 Å². The second-order valence-corrected chi connectivity index (χ2v) is 4.17. The topological polar surface area (TPSA) is 67.0 Å². The SMILES string of the molecule is O=c1cc(NC2CCOc3ccccc32)nc[nH]1. The summed E-state index contributed by atoms with van der Waals surface area (Å²) in [4.78, 5) is 17.8. The molecule has 5 nitrogen and oxygen atoms in total. The maximum absolute atomic E-state index is 11.2. The first-order valence-corrected chi connectivity index (χ1v) is 5.86. The molecule has 5 heteroatoms. The molecule has 2 aromatic rings. The second kappa shape index (κ2) is 4.52. The van der Waals surface area contributed by atoms with E-state index in [0.29, 0.717) is 12.4 Å². The summed E-state index contributed by atoms with van der Waals surface area (Å²) in [5.41, 5.74) is 0.943. The number of benzene rings is 1. The van der Waals surface area contributed by atoms with Gasteiger partial charge in [0.25, 0.3) is 5.56 Å². The lowest BCUT2D eigenvalue weighted by Crippen LogP contribution is -2.21. The minimum Gasteiger partial charge on any atom is -0.493 e. The Kier molecular flexibility index (Phi) is 2.72. The summed E-state index contributed by atoms with van der Waals surface area (Å²) in [6.07, 6.45) is 2.25. The number of anilines is 1. The Morgan fingerprint density at radius 2 is 2.28 bits per heavy atom.